The molecular weight excluding hydrogens is 284 g/mol. The number of carboxylic acid groups (broad SMARTS) is 1. The maximum atomic E-state index is 11.4. The van der Waals surface area contributed by atoms with E-state index in [1.807, 2.05) is 0 Å². The van der Waals surface area contributed by atoms with Crippen LogP contribution in [0.4, 0.5) is 4.79 Å². The molecule has 0 bridgehead atoms. The van der Waals surface area contributed by atoms with Gasteiger partial charge < -0.3 is 9.94 Å². The molecule has 5 nitrogen and oxygen atoms in total. The number of fused-ring (bicyclic) bond motifs is 1. The number of hydrogen-bond acceptors (Lipinski definition) is 3. The van der Waals surface area contributed by atoms with Crippen molar-refractivity contribution in [3.05, 3.63) is 0 Å². The Morgan fingerprint density at radius 2 is 2.05 bits per heavy atom. The third-order valence-corrected chi connectivity index (χ3v) is 4.81. The second kappa shape index (κ2) is 5.06. The highest BCUT2D eigenvalue weighted by atomic mass is 28.3. The predicted octanol–water partition coefficient (Wildman–Crippen LogP) is 2.85. The molecular formula is C15H24N2O3Si. The van der Waals surface area contributed by atoms with Gasteiger partial charge in [0.25, 0.3) is 0 Å². The van der Waals surface area contributed by atoms with Gasteiger partial charge in [0.2, 0.25) is 6.23 Å². The van der Waals surface area contributed by atoms with Crippen LogP contribution in [0.2, 0.25) is 19.6 Å². The minimum Gasteiger partial charge on any atom is -0.465 e. The molecule has 0 saturated carbocycles. The van der Waals surface area contributed by atoms with Crippen molar-refractivity contribution in [3.63, 3.8) is 0 Å². The Labute approximate surface area is 127 Å². The topological polar surface area (TPSA) is 62.1 Å². The van der Waals surface area contributed by atoms with Crippen molar-refractivity contribution < 1.29 is 14.7 Å². The molecule has 1 saturated heterocycles. The Morgan fingerprint density at radius 1 is 1.43 bits per heavy atom. The summed E-state index contributed by atoms with van der Waals surface area (Å²) >= 11 is 0. The molecule has 116 valence electrons. The monoisotopic (exact) mass is 308 g/mol. The molecule has 0 aromatic heterocycles. The number of hydrogen-bond donors (Lipinski definition) is 1. The molecule has 0 aromatic rings. The molecule has 0 radical (unpaired) electrons. The normalized spacial score (nSPS) is 28.4. The lowest BCUT2D eigenvalue weighted by molar-refractivity contribution is -0.0184. The highest BCUT2D eigenvalue weighted by Gasteiger charge is 2.54. The number of rotatable bonds is 0. The van der Waals surface area contributed by atoms with Crippen LogP contribution < -0.4 is 0 Å². The lowest BCUT2D eigenvalue weighted by atomic mass is 9.73. The lowest BCUT2D eigenvalue weighted by Crippen LogP contribution is -2.36. The molecule has 0 aromatic carbocycles. The van der Waals surface area contributed by atoms with E-state index < -0.39 is 20.4 Å². The van der Waals surface area contributed by atoms with Crippen LogP contribution in [0.15, 0.2) is 5.16 Å². The van der Waals surface area contributed by atoms with Crippen LogP contribution in [0.5, 0.6) is 0 Å². The Hall–Kier alpha value is -1.48. The number of carbonyl (C=O) groups is 1. The van der Waals surface area contributed by atoms with Gasteiger partial charge in [0.15, 0.2) is 0 Å². The van der Waals surface area contributed by atoms with Crippen molar-refractivity contribution in [2.45, 2.75) is 46.6 Å². The van der Waals surface area contributed by atoms with Crippen molar-refractivity contribution in [2.75, 3.05) is 6.54 Å². The smallest absolute Gasteiger partial charge is 0.410 e. The van der Waals surface area contributed by atoms with Crippen LogP contribution in [0.3, 0.4) is 0 Å². The van der Waals surface area contributed by atoms with Gasteiger partial charge in [-0.25, -0.2) is 4.79 Å². The number of nitrogens with zero attached hydrogens (tertiary/aromatic N) is 2. The molecule has 0 aliphatic carbocycles. The van der Waals surface area contributed by atoms with E-state index in [1.54, 1.807) is 0 Å². The van der Waals surface area contributed by atoms with Crippen LogP contribution in [0.25, 0.3) is 0 Å². The van der Waals surface area contributed by atoms with Crippen molar-refractivity contribution in [2.24, 2.45) is 22.4 Å². The zero-order valence-electron chi connectivity index (χ0n) is 13.6. The first-order valence-corrected chi connectivity index (χ1v) is 10.8. The quantitative estimate of drug-likeness (QED) is 0.553. The zero-order valence-corrected chi connectivity index (χ0v) is 14.6. The van der Waals surface area contributed by atoms with Crippen LogP contribution in [0, 0.1) is 28.7 Å². The molecule has 1 N–H and O–H groups in total. The lowest BCUT2D eigenvalue weighted by Gasteiger charge is -2.29. The van der Waals surface area contributed by atoms with E-state index >= 15 is 0 Å². The standard InChI is InChI=1S/C15H24N2O3Si/c1-15(2,3)10-9-17(14(18)19)13-12(10)11(16-20-13)7-8-21(4,5)6/h10,12-13H,9H2,1-6H3,(H,18,19). The van der Waals surface area contributed by atoms with Gasteiger partial charge in [-0.15, -0.1) is 5.54 Å². The SMILES string of the molecule is CC(C)(C)C1CN(C(=O)O)C2ON=C(C#C[Si](C)(C)C)C21. The molecule has 6 heteroatoms. The van der Waals surface area contributed by atoms with Gasteiger partial charge in [-0.05, 0) is 11.3 Å². The first kappa shape index (κ1) is 15.9. The molecule has 2 heterocycles. The molecule has 2 aliphatic rings. The summed E-state index contributed by atoms with van der Waals surface area (Å²) in [6.45, 7) is 13.4. The second-order valence-electron chi connectivity index (χ2n) is 7.91. The largest absolute Gasteiger partial charge is 0.465 e. The number of likely N-dealkylation sites (tertiary alicyclic amines) is 1. The van der Waals surface area contributed by atoms with E-state index in [0.29, 0.717) is 12.3 Å². The summed E-state index contributed by atoms with van der Waals surface area (Å²) in [5.41, 5.74) is 3.99. The van der Waals surface area contributed by atoms with Gasteiger partial charge >= 0.3 is 6.09 Å². The van der Waals surface area contributed by atoms with Crippen molar-refractivity contribution in [3.8, 4) is 11.5 Å². The summed E-state index contributed by atoms with van der Waals surface area (Å²) in [5, 5.41) is 13.4. The van der Waals surface area contributed by atoms with Gasteiger partial charge in [-0.2, -0.15) is 0 Å². The average Bonchev–Trinajstić information content (AvgIpc) is 2.82. The van der Waals surface area contributed by atoms with E-state index in [2.05, 4.69) is 57.0 Å². The highest BCUT2D eigenvalue weighted by Crippen LogP contribution is 2.44. The predicted molar refractivity (Wildman–Crippen MR) is 84.6 cm³/mol. The van der Waals surface area contributed by atoms with E-state index in [9.17, 15) is 9.90 Å². The first-order chi connectivity index (χ1) is 9.50. The van der Waals surface area contributed by atoms with Gasteiger partial charge in [-0.1, -0.05) is 51.5 Å². The molecule has 0 spiro atoms. The van der Waals surface area contributed by atoms with Crippen molar-refractivity contribution in [1.29, 1.82) is 0 Å². The molecule has 3 atom stereocenters. The Kier molecular flexibility index (Phi) is 3.83. The average molecular weight is 308 g/mol. The first-order valence-electron chi connectivity index (χ1n) is 7.27. The Morgan fingerprint density at radius 3 is 2.52 bits per heavy atom. The van der Waals surface area contributed by atoms with E-state index in [1.165, 1.54) is 4.90 Å². The zero-order chi connectivity index (χ0) is 16.0. The van der Waals surface area contributed by atoms with Gasteiger partial charge in [-0.3, -0.25) is 4.90 Å². The van der Waals surface area contributed by atoms with Gasteiger partial charge in [0.1, 0.15) is 13.8 Å². The van der Waals surface area contributed by atoms with E-state index in [4.69, 9.17) is 4.84 Å². The summed E-state index contributed by atoms with van der Waals surface area (Å²) in [4.78, 5) is 18.2. The van der Waals surface area contributed by atoms with Gasteiger partial charge in [0.05, 0.1) is 5.92 Å². The van der Waals surface area contributed by atoms with Crippen LogP contribution in [0.1, 0.15) is 20.8 Å². The molecule has 21 heavy (non-hydrogen) atoms. The fourth-order valence-electron chi connectivity index (χ4n) is 2.80. The maximum absolute atomic E-state index is 11.4. The third-order valence-electron chi connectivity index (χ3n) is 3.94. The van der Waals surface area contributed by atoms with Crippen molar-refractivity contribution in [1.82, 2.24) is 4.90 Å². The van der Waals surface area contributed by atoms with Crippen LogP contribution in [-0.4, -0.2) is 42.7 Å². The minimum atomic E-state index is -1.50. The van der Waals surface area contributed by atoms with Gasteiger partial charge in [0, 0.05) is 6.54 Å². The fourth-order valence-corrected chi connectivity index (χ4v) is 3.30. The van der Waals surface area contributed by atoms with Crippen LogP contribution >= 0.6 is 0 Å². The van der Waals surface area contributed by atoms with Crippen molar-refractivity contribution >= 4 is 19.9 Å². The summed E-state index contributed by atoms with van der Waals surface area (Å²) in [7, 11) is -1.50. The number of amides is 1. The summed E-state index contributed by atoms with van der Waals surface area (Å²) in [6, 6.07) is 0. The molecule has 3 unspecified atom stereocenters. The Balaban J connectivity index is 2.33. The molecule has 1 fully saturated rings. The molecule has 2 rings (SSSR count). The third kappa shape index (κ3) is 3.23. The maximum Gasteiger partial charge on any atom is 0.410 e. The minimum absolute atomic E-state index is 0.0254. The van der Waals surface area contributed by atoms with E-state index in [0.717, 1.165) is 0 Å². The highest BCUT2D eigenvalue weighted by molar-refractivity contribution is 6.84. The summed E-state index contributed by atoms with van der Waals surface area (Å²) in [6.07, 6.45) is -1.47. The Bertz CT molecular complexity index is 534. The fraction of sp³-hybridized carbons (Fsp3) is 0.733. The van der Waals surface area contributed by atoms with E-state index in [-0.39, 0.29) is 17.3 Å². The second-order valence-corrected chi connectivity index (χ2v) is 12.7. The summed E-state index contributed by atoms with van der Waals surface area (Å²) in [5.74, 6) is 3.28. The summed E-state index contributed by atoms with van der Waals surface area (Å²) < 4.78 is 0. The van der Waals surface area contributed by atoms with Crippen LogP contribution in [-0.2, 0) is 4.84 Å². The molecule has 2 aliphatic heterocycles. The number of oxime groups is 1. The molecule has 1 amide bonds.